The molecule has 1 heterocycles. The van der Waals surface area contributed by atoms with Crippen LogP contribution in [0, 0.1) is 24.2 Å². The van der Waals surface area contributed by atoms with Gasteiger partial charge in [0.15, 0.2) is 0 Å². The average molecular weight is 233 g/mol. The summed E-state index contributed by atoms with van der Waals surface area (Å²) in [6.07, 6.45) is 0.676. The molecule has 0 aromatic carbocycles. The summed E-state index contributed by atoms with van der Waals surface area (Å²) in [5.74, 6) is 1.10. The second-order valence-corrected chi connectivity index (χ2v) is 4.50. The minimum Gasteiger partial charge on any atom is -0.396 e. The van der Waals surface area contributed by atoms with E-state index in [2.05, 4.69) is 30.2 Å². The van der Waals surface area contributed by atoms with E-state index in [1.807, 2.05) is 6.92 Å². The molecule has 0 amide bonds. The molecule has 0 fully saturated rings. The molecule has 0 bridgehead atoms. The van der Waals surface area contributed by atoms with E-state index >= 15 is 0 Å². The van der Waals surface area contributed by atoms with E-state index in [0.717, 1.165) is 5.69 Å². The van der Waals surface area contributed by atoms with Crippen molar-refractivity contribution in [3.63, 3.8) is 0 Å². The maximum Gasteiger partial charge on any atom is 0.127 e. The van der Waals surface area contributed by atoms with E-state index in [-0.39, 0.29) is 12.6 Å². The number of aromatic nitrogens is 1. The zero-order chi connectivity index (χ0) is 12.8. The number of nitrogens with one attached hydrogen (secondary N) is 1. The van der Waals surface area contributed by atoms with Crippen LogP contribution in [-0.4, -0.2) is 22.7 Å². The number of rotatable bonds is 5. The molecule has 4 heteroatoms. The van der Waals surface area contributed by atoms with Gasteiger partial charge in [-0.15, -0.1) is 0 Å². The van der Waals surface area contributed by atoms with E-state index in [0.29, 0.717) is 23.7 Å². The van der Waals surface area contributed by atoms with Gasteiger partial charge in [-0.2, -0.15) is 5.26 Å². The lowest BCUT2D eigenvalue weighted by Gasteiger charge is -2.22. The van der Waals surface area contributed by atoms with Crippen molar-refractivity contribution in [1.82, 2.24) is 4.98 Å². The quantitative estimate of drug-likeness (QED) is 0.817. The van der Waals surface area contributed by atoms with E-state index in [9.17, 15) is 0 Å². The number of hydrogen-bond donors (Lipinski definition) is 2. The van der Waals surface area contributed by atoms with Crippen LogP contribution in [0.15, 0.2) is 12.1 Å². The van der Waals surface area contributed by atoms with E-state index in [1.54, 1.807) is 12.1 Å². The fourth-order valence-corrected chi connectivity index (χ4v) is 1.71. The third kappa shape index (κ3) is 4.04. The summed E-state index contributed by atoms with van der Waals surface area (Å²) in [4.78, 5) is 4.34. The van der Waals surface area contributed by atoms with Crippen molar-refractivity contribution in [3.8, 4) is 6.07 Å². The molecule has 1 aromatic heterocycles. The van der Waals surface area contributed by atoms with Crippen molar-refractivity contribution in [3.05, 3.63) is 23.4 Å². The van der Waals surface area contributed by atoms with Gasteiger partial charge >= 0.3 is 0 Å². The smallest absolute Gasteiger partial charge is 0.127 e. The lowest BCUT2D eigenvalue weighted by atomic mass is 10.0. The molecular formula is C13H19N3O. The molecule has 4 nitrogen and oxygen atoms in total. The van der Waals surface area contributed by atoms with Crippen LogP contribution in [0.1, 0.15) is 31.5 Å². The zero-order valence-electron chi connectivity index (χ0n) is 10.6. The first kappa shape index (κ1) is 13.5. The van der Waals surface area contributed by atoms with Gasteiger partial charge < -0.3 is 10.4 Å². The fourth-order valence-electron chi connectivity index (χ4n) is 1.71. The number of pyridine rings is 1. The molecule has 0 aliphatic rings. The third-order valence-corrected chi connectivity index (χ3v) is 2.66. The van der Waals surface area contributed by atoms with Crippen LogP contribution in [0.25, 0.3) is 0 Å². The zero-order valence-corrected chi connectivity index (χ0v) is 10.6. The highest BCUT2D eigenvalue weighted by atomic mass is 16.3. The maximum absolute atomic E-state index is 9.01. The fraction of sp³-hybridized carbons (Fsp3) is 0.538. The highest BCUT2D eigenvalue weighted by Crippen LogP contribution is 2.15. The lowest BCUT2D eigenvalue weighted by Crippen LogP contribution is -2.27. The molecular weight excluding hydrogens is 214 g/mol. The molecule has 0 aliphatic carbocycles. The Morgan fingerprint density at radius 3 is 2.71 bits per heavy atom. The second-order valence-electron chi connectivity index (χ2n) is 4.50. The van der Waals surface area contributed by atoms with Crippen LogP contribution >= 0.6 is 0 Å². The summed E-state index contributed by atoms with van der Waals surface area (Å²) in [7, 11) is 0. The number of anilines is 1. The SMILES string of the molecule is Cc1cc(C#N)cc(NC(CCO)C(C)C)n1. The molecule has 1 unspecified atom stereocenters. The number of aliphatic hydroxyl groups excluding tert-OH is 1. The van der Waals surface area contributed by atoms with Crippen LogP contribution in [0.3, 0.4) is 0 Å². The topological polar surface area (TPSA) is 68.9 Å². The standard InChI is InChI=1S/C13H19N3O/c1-9(2)12(4-5-17)16-13-7-11(8-14)6-10(3)15-13/h6-7,9,12,17H,4-5H2,1-3H3,(H,15,16). The summed E-state index contributed by atoms with van der Waals surface area (Å²) in [6.45, 7) is 6.19. The summed E-state index contributed by atoms with van der Waals surface area (Å²) < 4.78 is 0. The first-order valence-corrected chi connectivity index (χ1v) is 5.83. The molecule has 1 aromatic rings. The van der Waals surface area contributed by atoms with Gasteiger partial charge in [-0.1, -0.05) is 13.8 Å². The van der Waals surface area contributed by atoms with Crippen molar-refractivity contribution in [2.75, 3.05) is 11.9 Å². The predicted octanol–water partition coefficient (Wildman–Crippen LogP) is 2.08. The number of aliphatic hydroxyl groups is 1. The van der Waals surface area contributed by atoms with E-state index < -0.39 is 0 Å². The first-order valence-electron chi connectivity index (χ1n) is 5.83. The lowest BCUT2D eigenvalue weighted by molar-refractivity contribution is 0.267. The Bertz CT molecular complexity index is 410. The Kier molecular flexibility index (Phi) is 4.92. The number of hydrogen-bond acceptors (Lipinski definition) is 4. The molecule has 1 atom stereocenters. The molecule has 2 N–H and O–H groups in total. The van der Waals surface area contributed by atoms with Crippen LogP contribution in [0.2, 0.25) is 0 Å². The summed E-state index contributed by atoms with van der Waals surface area (Å²) in [5, 5.41) is 21.2. The van der Waals surface area contributed by atoms with Crippen LogP contribution in [-0.2, 0) is 0 Å². The van der Waals surface area contributed by atoms with Gasteiger partial charge in [0.05, 0.1) is 11.6 Å². The minimum atomic E-state index is 0.146. The molecule has 17 heavy (non-hydrogen) atoms. The molecule has 0 radical (unpaired) electrons. The second kappa shape index (κ2) is 6.21. The van der Waals surface area contributed by atoms with Crippen molar-refractivity contribution in [1.29, 1.82) is 5.26 Å². The largest absolute Gasteiger partial charge is 0.396 e. The first-order chi connectivity index (χ1) is 8.06. The Labute approximate surface area is 102 Å². The van der Waals surface area contributed by atoms with Crippen molar-refractivity contribution in [2.45, 2.75) is 33.2 Å². The number of aryl methyl sites for hydroxylation is 1. The predicted molar refractivity (Wildman–Crippen MR) is 67.6 cm³/mol. The average Bonchev–Trinajstić information content (AvgIpc) is 2.27. The summed E-state index contributed by atoms with van der Waals surface area (Å²) in [6, 6.07) is 5.77. The highest BCUT2D eigenvalue weighted by Gasteiger charge is 2.13. The Hall–Kier alpha value is -1.60. The molecule has 0 saturated heterocycles. The summed E-state index contributed by atoms with van der Waals surface area (Å²) in [5.41, 5.74) is 1.42. The van der Waals surface area contributed by atoms with Gasteiger partial charge in [-0.25, -0.2) is 4.98 Å². The molecule has 0 saturated carbocycles. The van der Waals surface area contributed by atoms with Gasteiger partial charge in [-0.05, 0) is 31.4 Å². The highest BCUT2D eigenvalue weighted by molar-refractivity contribution is 5.45. The normalized spacial score (nSPS) is 12.2. The summed E-state index contributed by atoms with van der Waals surface area (Å²) >= 11 is 0. The number of nitriles is 1. The van der Waals surface area contributed by atoms with Gasteiger partial charge in [0.2, 0.25) is 0 Å². The molecule has 92 valence electrons. The Morgan fingerprint density at radius 1 is 1.47 bits per heavy atom. The van der Waals surface area contributed by atoms with Crippen molar-refractivity contribution in [2.24, 2.45) is 5.92 Å². The van der Waals surface area contributed by atoms with Crippen LogP contribution < -0.4 is 5.32 Å². The van der Waals surface area contributed by atoms with Gasteiger partial charge in [0, 0.05) is 18.3 Å². The van der Waals surface area contributed by atoms with Gasteiger partial charge in [-0.3, -0.25) is 0 Å². The van der Waals surface area contributed by atoms with Crippen molar-refractivity contribution >= 4 is 5.82 Å². The maximum atomic E-state index is 9.01. The van der Waals surface area contributed by atoms with Gasteiger partial charge in [0.25, 0.3) is 0 Å². The van der Waals surface area contributed by atoms with Crippen LogP contribution in [0.5, 0.6) is 0 Å². The molecule has 0 aliphatic heterocycles. The van der Waals surface area contributed by atoms with E-state index in [1.165, 1.54) is 0 Å². The number of nitrogens with zero attached hydrogens (tertiary/aromatic N) is 2. The minimum absolute atomic E-state index is 0.146. The van der Waals surface area contributed by atoms with Crippen LogP contribution in [0.4, 0.5) is 5.82 Å². The Balaban J connectivity index is 2.85. The van der Waals surface area contributed by atoms with Gasteiger partial charge in [0.1, 0.15) is 5.82 Å². The van der Waals surface area contributed by atoms with E-state index in [4.69, 9.17) is 10.4 Å². The third-order valence-electron chi connectivity index (χ3n) is 2.66. The van der Waals surface area contributed by atoms with Crippen molar-refractivity contribution < 1.29 is 5.11 Å². The Morgan fingerprint density at radius 2 is 2.18 bits per heavy atom. The monoisotopic (exact) mass is 233 g/mol. The molecule has 0 spiro atoms. The molecule has 1 rings (SSSR count).